The topological polar surface area (TPSA) is 13.1 Å². The van der Waals surface area contributed by atoms with Gasteiger partial charge in [-0.05, 0) is 134 Å². The molecular formula is C68H56BN3S. The van der Waals surface area contributed by atoms with Crippen LogP contribution in [0.2, 0.25) is 0 Å². The van der Waals surface area contributed by atoms with Crippen LogP contribution in [0.4, 0.5) is 17.1 Å². The number of para-hydroxylation sites is 3. The first-order valence-corrected chi connectivity index (χ1v) is 27.1. The van der Waals surface area contributed by atoms with Gasteiger partial charge in [-0.15, -0.1) is 11.3 Å². The zero-order valence-electron chi connectivity index (χ0n) is 42.6. The highest BCUT2D eigenvalue weighted by Gasteiger charge is 2.46. The molecule has 2 aliphatic heterocycles. The first-order chi connectivity index (χ1) is 35.3. The summed E-state index contributed by atoms with van der Waals surface area (Å²) in [6.45, 7) is 16.9. The summed E-state index contributed by atoms with van der Waals surface area (Å²) in [6, 6.07) is 72.0. The fourth-order valence-electron chi connectivity index (χ4n) is 13.4. The summed E-state index contributed by atoms with van der Waals surface area (Å²) in [5.74, 6) is 0. The third-order valence-corrected chi connectivity index (χ3v) is 18.5. The lowest BCUT2D eigenvalue weighted by Gasteiger charge is -2.43. The molecule has 1 aliphatic carbocycles. The summed E-state index contributed by atoms with van der Waals surface area (Å²) < 4.78 is 7.98. The van der Waals surface area contributed by atoms with Gasteiger partial charge in [-0.2, -0.15) is 0 Å². The van der Waals surface area contributed by atoms with E-state index in [1.54, 1.807) is 0 Å². The molecule has 12 aromatic rings. The van der Waals surface area contributed by atoms with Crippen molar-refractivity contribution in [2.45, 2.75) is 77.6 Å². The monoisotopic (exact) mass is 957 g/mol. The molecule has 0 amide bonds. The molecule has 15 rings (SSSR count). The largest absolute Gasteiger partial charge is 0.310 e. The second kappa shape index (κ2) is 15.0. The highest BCUT2D eigenvalue weighted by Crippen LogP contribution is 2.52. The van der Waals surface area contributed by atoms with Gasteiger partial charge in [0.05, 0.1) is 22.2 Å². The maximum Gasteiger partial charge on any atom is 0.264 e. The minimum atomic E-state index is -0.0149. The summed E-state index contributed by atoms with van der Waals surface area (Å²) in [6.07, 6.45) is 2.34. The van der Waals surface area contributed by atoms with Crippen LogP contribution in [-0.2, 0) is 16.2 Å². The van der Waals surface area contributed by atoms with E-state index < -0.39 is 0 Å². The number of thiophene rings is 1. The Kier molecular flexibility index (Phi) is 8.84. The molecule has 5 heteroatoms. The van der Waals surface area contributed by atoms with Crippen molar-refractivity contribution in [2.24, 2.45) is 0 Å². The van der Waals surface area contributed by atoms with E-state index in [9.17, 15) is 0 Å². The van der Waals surface area contributed by atoms with Crippen molar-refractivity contribution in [1.29, 1.82) is 0 Å². The molecule has 3 aromatic heterocycles. The van der Waals surface area contributed by atoms with Crippen LogP contribution in [0.25, 0.3) is 87.3 Å². The van der Waals surface area contributed by atoms with E-state index in [-0.39, 0.29) is 23.0 Å². The minimum Gasteiger partial charge on any atom is -0.310 e. The van der Waals surface area contributed by atoms with Gasteiger partial charge in [0.1, 0.15) is 0 Å². The lowest BCUT2D eigenvalue weighted by Crippen LogP contribution is -2.59. The Morgan fingerprint density at radius 1 is 0.466 bits per heavy atom. The van der Waals surface area contributed by atoms with E-state index in [1.807, 2.05) is 11.3 Å². The molecule has 0 spiro atoms. The van der Waals surface area contributed by atoms with Crippen molar-refractivity contribution >= 4 is 105 Å². The Bertz CT molecular complexity index is 4290. The van der Waals surface area contributed by atoms with Crippen molar-refractivity contribution in [2.75, 3.05) is 4.90 Å². The van der Waals surface area contributed by atoms with Crippen LogP contribution in [0.5, 0.6) is 0 Å². The quantitative estimate of drug-likeness (QED) is 0.160. The zero-order chi connectivity index (χ0) is 49.3. The zero-order valence-corrected chi connectivity index (χ0v) is 43.5. The van der Waals surface area contributed by atoms with Crippen molar-refractivity contribution in [3.63, 3.8) is 0 Å². The molecule has 0 atom stereocenters. The van der Waals surface area contributed by atoms with Crippen molar-refractivity contribution in [3.05, 3.63) is 205 Å². The second-order valence-corrected chi connectivity index (χ2v) is 24.6. The predicted octanol–water partition coefficient (Wildman–Crippen LogP) is 16.7. The van der Waals surface area contributed by atoms with Crippen LogP contribution < -0.4 is 20.6 Å². The summed E-state index contributed by atoms with van der Waals surface area (Å²) >= 11 is 2.00. The highest BCUT2D eigenvalue weighted by molar-refractivity contribution is 7.33. The van der Waals surface area contributed by atoms with E-state index in [4.69, 9.17) is 0 Å². The Morgan fingerprint density at radius 3 is 1.84 bits per heavy atom. The Balaban J connectivity index is 1.11. The van der Waals surface area contributed by atoms with Gasteiger partial charge in [-0.25, -0.2) is 0 Å². The molecule has 0 unspecified atom stereocenters. The van der Waals surface area contributed by atoms with Crippen LogP contribution in [0, 0.1) is 0 Å². The Hall–Kier alpha value is -7.60. The fourth-order valence-corrected chi connectivity index (χ4v) is 14.7. The molecule has 0 bridgehead atoms. The van der Waals surface area contributed by atoms with Gasteiger partial charge in [-0.1, -0.05) is 182 Å². The van der Waals surface area contributed by atoms with Crippen LogP contribution in [0.3, 0.4) is 0 Å². The van der Waals surface area contributed by atoms with Gasteiger partial charge < -0.3 is 14.0 Å². The molecule has 352 valence electrons. The Morgan fingerprint density at radius 2 is 1.08 bits per heavy atom. The second-order valence-electron chi connectivity index (χ2n) is 23.5. The Labute approximate surface area is 432 Å². The third-order valence-electron chi connectivity index (χ3n) is 17.3. The van der Waals surface area contributed by atoms with Gasteiger partial charge in [0.15, 0.2) is 0 Å². The summed E-state index contributed by atoms with van der Waals surface area (Å²) in [5.41, 5.74) is 23.3. The molecule has 0 saturated carbocycles. The predicted molar refractivity (Wildman–Crippen MR) is 315 cm³/mol. The number of rotatable bonds is 4. The van der Waals surface area contributed by atoms with E-state index in [0.717, 1.165) is 12.1 Å². The molecule has 5 heterocycles. The number of anilines is 3. The number of aromatic nitrogens is 2. The average Bonchev–Trinajstić information content (AvgIpc) is 4.09. The third kappa shape index (κ3) is 6.06. The molecule has 0 fully saturated rings. The van der Waals surface area contributed by atoms with Crippen LogP contribution in [-0.4, -0.2) is 15.8 Å². The molecule has 0 N–H and O–H groups in total. The average molecular weight is 958 g/mol. The molecular weight excluding hydrogens is 902 g/mol. The molecule has 3 aliphatic rings. The highest BCUT2D eigenvalue weighted by atomic mass is 32.1. The van der Waals surface area contributed by atoms with E-state index in [1.165, 1.54) is 138 Å². The number of hydrogen-bond donors (Lipinski definition) is 0. The molecule has 9 aromatic carbocycles. The lowest BCUT2D eigenvalue weighted by molar-refractivity contribution is 0.332. The minimum absolute atomic E-state index is 0.0149. The number of hydrogen-bond acceptors (Lipinski definition) is 2. The van der Waals surface area contributed by atoms with E-state index >= 15 is 0 Å². The smallest absolute Gasteiger partial charge is 0.264 e. The van der Waals surface area contributed by atoms with Gasteiger partial charge in [0.2, 0.25) is 0 Å². The number of nitrogens with zero attached hydrogens (tertiary/aromatic N) is 3. The normalized spacial score (nSPS) is 15.4. The maximum absolute atomic E-state index is 2.71. The summed E-state index contributed by atoms with van der Waals surface area (Å²) in [5, 5.41) is 6.43. The van der Waals surface area contributed by atoms with E-state index in [0.29, 0.717) is 0 Å². The molecule has 73 heavy (non-hydrogen) atoms. The van der Waals surface area contributed by atoms with Gasteiger partial charge >= 0.3 is 0 Å². The standard InChI is InChI=1S/C68H56BN3S/c1-66(2,3)45-29-34-59-52(39-45)64-65(73-59)69-55-23-16-22-49-51-32-31-50-48-21-14-15-24-56(48)70(46-19-12-9-13-20-46)62(50)63(51)72(61(49)55)58-38-44(43-27-25-42(26-28-43)41-17-10-8-11-18-41)37-57(60(58)69)71(64)47-30-33-53-54(40-47)68(6,7)36-35-67(53,4)5/h8-34,37-40H,35-36H2,1-7H3. The van der Waals surface area contributed by atoms with Crippen LogP contribution in [0.15, 0.2) is 188 Å². The van der Waals surface area contributed by atoms with E-state index in [2.05, 4.69) is 251 Å². The summed E-state index contributed by atoms with van der Waals surface area (Å²) in [4.78, 5) is 2.71. The van der Waals surface area contributed by atoms with Crippen molar-refractivity contribution in [1.82, 2.24) is 9.13 Å². The van der Waals surface area contributed by atoms with Gasteiger partial charge in [0, 0.05) is 64.7 Å². The van der Waals surface area contributed by atoms with Crippen LogP contribution in [0.1, 0.15) is 78.0 Å². The van der Waals surface area contributed by atoms with Crippen molar-refractivity contribution < 1.29 is 0 Å². The van der Waals surface area contributed by atoms with Gasteiger partial charge in [-0.3, -0.25) is 0 Å². The maximum atomic E-state index is 2.71. The molecule has 3 nitrogen and oxygen atoms in total. The summed E-state index contributed by atoms with van der Waals surface area (Å²) in [7, 11) is 0. The van der Waals surface area contributed by atoms with Crippen LogP contribution >= 0.6 is 11.3 Å². The molecule has 0 radical (unpaired) electrons. The molecule has 0 saturated heterocycles. The lowest BCUT2D eigenvalue weighted by atomic mass is 9.36. The van der Waals surface area contributed by atoms with Crippen molar-refractivity contribution in [3.8, 4) is 33.6 Å². The first-order valence-electron chi connectivity index (χ1n) is 26.2. The first kappa shape index (κ1) is 43.0. The van der Waals surface area contributed by atoms with Gasteiger partial charge in [0.25, 0.3) is 6.71 Å². The number of benzene rings is 9. The number of fused-ring (bicyclic) bond motifs is 14. The fraction of sp³-hybridized carbons (Fsp3) is 0.176. The SMILES string of the molecule is CC(C)(C)c1ccc2sc3c(c2c1)N(c1ccc2c(c1)C(C)(C)CCC2(C)C)c1cc(-c2ccc(-c4ccccc4)cc2)cc2c1B3c1cccc3c4ccc5c6ccccc6n(-c6ccccc6)c5c4n-2c13.